The van der Waals surface area contributed by atoms with Crippen molar-refractivity contribution in [2.75, 3.05) is 27.3 Å². The molecule has 1 heterocycles. The van der Waals surface area contributed by atoms with Crippen molar-refractivity contribution in [3.63, 3.8) is 0 Å². The highest BCUT2D eigenvalue weighted by molar-refractivity contribution is 9.10. The van der Waals surface area contributed by atoms with E-state index in [0.29, 0.717) is 13.1 Å². The molecule has 0 spiro atoms. The second-order valence-electron chi connectivity index (χ2n) is 5.41. The fraction of sp³-hybridized carbons (Fsp3) is 0.533. The van der Waals surface area contributed by atoms with Gasteiger partial charge in [-0.05, 0) is 34.0 Å². The van der Waals surface area contributed by atoms with Crippen molar-refractivity contribution in [1.29, 1.82) is 0 Å². The van der Waals surface area contributed by atoms with Gasteiger partial charge in [0.2, 0.25) is 0 Å². The molecule has 1 fully saturated rings. The molecule has 1 aromatic rings. The van der Waals surface area contributed by atoms with Crippen molar-refractivity contribution >= 4 is 21.9 Å². The standard InChI is InChI=1S/C15H20BrNO4/c1-9-6-17(8-11(9)15(18)19)7-10-4-14(21-3)12(16)5-13(10)20-2/h4-5,9,11H,6-8H2,1-3H3,(H,18,19)/t9-,11-/m1/s1. The molecule has 0 radical (unpaired) electrons. The maximum absolute atomic E-state index is 11.2. The highest BCUT2D eigenvalue weighted by atomic mass is 79.9. The van der Waals surface area contributed by atoms with Crippen molar-refractivity contribution in [1.82, 2.24) is 4.90 Å². The zero-order chi connectivity index (χ0) is 15.6. The van der Waals surface area contributed by atoms with Gasteiger partial charge in [-0.3, -0.25) is 9.69 Å². The molecule has 2 atom stereocenters. The molecule has 1 aliphatic heterocycles. The van der Waals surface area contributed by atoms with Gasteiger partial charge in [-0.15, -0.1) is 0 Å². The van der Waals surface area contributed by atoms with Crippen LogP contribution >= 0.6 is 15.9 Å². The first-order valence-electron chi connectivity index (χ1n) is 6.81. The Morgan fingerprint density at radius 2 is 2.00 bits per heavy atom. The number of aliphatic carboxylic acids is 1. The summed E-state index contributed by atoms with van der Waals surface area (Å²) in [5.41, 5.74) is 0.996. The van der Waals surface area contributed by atoms with Gasteiger partial charge in [0.05, 0.1) is 24.6 Å². The molecular formula is C15H20BrNO4. The molecule has 1 aliphatic rings. The van der Waals surface area contributed by atoms with Crippen LogP contribution in [0.1, 0.15) is 12.5 Å². The number of carbonyl (C=O) groups is 1. The number of likely N-dealkylation sites (tertiary alicyclic amines) is 1. The minimum absolute atomic E-state index is 0.158. The number of nitrogens with zero attached hydrogens (tertiary/aromatic N) is 1. The van der Waals surface area contributed by atoms with Crippen LogP contribution in [0, 0.1) is 11.8 Å². The van der Waals surface area contributed by atoms with E-state index in [1.165, 1.54) is 0 Å². The van der Waals surface area contributed by atoms with Gasteiger partial charge in [-0.1, -0.05) is 6.92 Å². The molecular weight excluding hydrogens is 338 g/mol. The second kappa shape index (κ2) is 6.66. The summed E-state index contributed by atoms with van der Waals surface area (Å²) in [4.78, 5) is 13.3. The van der Waals surface area contributed by atoms with Crippen LogP contribution in [-0.4, -0.2) is 43.3 Å². The summed E-state index contributed by atoms with van der Waals surface area (Å²) < 4.78 is 11.6. The summed E-state index contributed by atoms with van der Waals surface area (Å²) in [6, 6.07) is 3.81. The van der Waals surface area contributed by atoms with Crippen LogP contribution in [0.4, 0.5) is 0 Å². The minimum atomic E-state index is -0.717. The van der Waals surface area contributed by atoms with Crippen molar-refractivity contribution in [2.24, 2.45) is 11.8 Å². The van der Waals surface area contributed by atoms with Crippen LogP contribution in [0.25, 0.3) is 0 Å². The largest absolute Gasteiger partial charge is 0.496 e. The molecule has 0 aromatic heterocycles. The number of hydrogen-bond acceptors (Lipinski definition) is 4. The fourth-order valence-corrected chi connectivity index (χ4v) is 3.29. The van der Waals surface area contributed by atoms with E-state index in [1.54, 1.807) is 14.2 Å². The summed E-state index contributed by atoms with van der Waals surface area (Å²) in [6.07, 6.45) is 0. The number of benzene rings is 1. The van der Waals surface area contributed by atoms with Gasteiger partial charge in [-0.25, -0.2) is 0 Å². The van der Waals surface area contributed by atoms with Crippen LogP contribution in [0.2, 0.25) is 0 Å². The van der Waals surface area contributed by atoms with E-state index < -0.39 is 5.97 Å². The topological polar surface area (TPSA) is 59.0 Å². The molecule has 116 valence electrons. The van der Waals surface area contributed by atoms with E-state index >= 15 is 0 Å². The van der Waals surface area contributed by atoms with Crippen LogP contribution in [0.5, 0.6) is 11.5 Å². The molecule has 2 rings (SSSR count). The molecule has 6 heteroatoms. The quantitative estimate of drug-likeness (QED) is 0.877. The van der Waals surface area contributed by atoms with Gasteiger partial charge in [-0.2, -0.15) is 0 Å². The van der Waals surface area contributed by atoms with Crippen molar-refractivity contribution in [3.8, 4) is 11.5 Å². The molecule has 0 saturated carbocycles. The Kier molecular flexibility index (Phi) is 5.11. The van der Waals surface area contributed by atoms with Crippen molar-refractivity contribution in [3.05, 3.63) is 22.2 Å². The smallest absolute Gasteiger partial charge is 0.308 e. The lowest BCUT2D eigenvalue weighted by Crippen LogP contribution is -2.23. The van der Waals surface area contributed by atoms with E-state index in [1.807, 2.05) is 19.1 Å². The maximum atomic E-state index is 11.2. The van der Waals surface area contributed by atoms with Gasteiger partial charge in [0.15, 0.2) is 0 Å². The highest BCUT2D eigenvalue weighted by Gasteiger charge is 2.34. The number of carboxylic acid groups (broad SMARTS) is 1. The first-order valence-corrected chi connectivity index (χ1v) is 7.61. The zero-order valence-corrected chi connectivity index (χ0v) is 14.0. The Morgan fingerprint density at radius 1 is 1.33 bits per heavy atom. The van der Waals surface area contributed by atoms with Crippen LogP contribution in [-0.2, 0) is 11.3 Å². The number of halogens is 1. The molecule has 5 nitrogen and oxygen atoms in total. The molecule has 0 bridgehead atoms. The zero-order valence-electron chi connectivity index (χ0n) is 12.4. The van der Waals surface area contributed by atoms with Crippen molar-refractivity contribution in [2.45, 2.75) is 13.5 Å². The molecule has 1 aromatic carbocycles. The summed E-state index contributed by atoms with van der Waals surface area (Å²) >= 11 is 3.44. The maximum Gasteiger partial charge on any atom is 0.308 e. The van der Waals surface area contributed by atoms with Gasteiger partial charge >= 0.3 is 5.97 Å². The Morgan fingerprint density at radius 3 is 2.52 bits per heavy atom. The lowest BCUT2D eigenvalue weighted by molar-refractivity contribution is -0.142. The van der Waals surface area contributed by atoms with Crippen LogP contribution in [0.3, 0.4) is 0 Å². The molecule has 1 N–H and O–H groups in total. The molecule has 1 saturated heterocycles. The molecule has 0 unspecified atom stereocenters. The lowest BCUT2D eigenvalue weighted by atomic mass is 9.99. The second-order valence-corrected chi connectivity index (χ2v) is 6.27. The average molecular weight is 358 g/mol. The fourth-order valence-electron chi connectivity index (χ4n) is 2.81. The monoisotopic (exact) mass is 357 g/mol. The van der Waals surface area contributed by atoms with E-state index in [-0.39, 0.29) is 11.8 Å². The normalized spacial score (nSPS) is 22.3. The Labute approximate surface area is 133 Å². The highest BCUT2D eigenvalue weighted by Crippen LogP contribution is 2.34. The van der Waals surface area contributed by atoms with Gasteiger partial charge < -0.3 is 14.6 Å². The van der Waals surface area contributed by atoms with Crippen molar-refractivity contribution < 1.29 is 19.4 Å². The Balaban J connectivity index is 2.18. The summed E-state index contributed by atoms with van der Waals surface area (Å²) in [6.45, 7) is 3.98. The first kappa shape index (κ1) is 16.1. The summed E-state index contributed by atoms with van der Waals surface area (Å²) in [7, 11) is 3.25. The number of hydrogen-bond donors (Lipinski definition) is 1. The van der Waals surface area contributed by atoms with Gasteiger partial charge in [0.1, 0.15) is 11.5 Å². The van der Waals surface area contributed by atoms with E-state index in [4.69, 9.17) is 9.47 Å². The Hall–Kier alpha value is -1.27. The third kappa shape index (κ3) is 3.49. The number of carboxylic acids is 1. The van der Waals surface area contributed by atoms with Gasteiger partial charge in [0.25, 0.3) is 0 Å². The van der Waals surface area contributed by atoms with Crippen LogP contribution in [0.15, 0.2) is 16.6 Å². The first-order chi connectivity index (χ1) is 9.96. The lowest BCUT2D eigenvalue weighted by Gasteiger charge is -2.18. The molecule has 0 aliphatic carbocycles. The molecule has 21 heavy (non-hydrogen) atoms. The number of methoxy groups -OCH3 is 2. The summed E-state index contributed by atoms with van der Waals surface area (Å²) in [5, 5.41) is 9.21. The number of rotatable bonds is 5. The minimum Gasteiger partial charge on any atom is -0.496 e. The van der Waals surface area contributed by atoms with Crippen LogP contribution < -0.4 is 9.47 Å². The van der Waals surface area contributed by atoms with E-state index in [9.17, 15) is 9.90 Å². The third-order valence-electron chi connectivity index (χ3n) is 3.95. The predicted octanol–water partition coefficient (Wildman–Crippen LogP) is 2.62. The SMILES string of the molecule is COc1cc(CN2C[C@@H](C)[C@H](C(=O)O)C2)c(OC)cc1Br. The number of ether oxygens (including phenoxy) is 2. The van der Waals surface area contributed by atoms with E-state index in [2.05, 4.69) is 20.8 Å². The van der Waals surface area contributed by atoms with Gasteiger partial charge in [0, 0.05) is 25.2 Å². The molecule has 0 amide bonds. The predicted molar refractivity (Wildman–Crippen MR) is 82.8 cm³/mol. The average Bonchev–Trinajstić information content (AvgIpc) is 2.81. The Bertz CT molecular complexity index is 535. The van der Waals surface area contributed by atoms with E-state index in [0.717, 1.165) is 28.1 Å². The summed E-state index contributed by atoms with van der Waals surface area (Å²) in [5.74, 6) is 0.659. The third-order valence-corrected chi connectivity index (χ3v) is 4.57.